The third kappa shape index (κ3) is 5.39. The van der Waals surface area contributed by atoms with E-state index in [9.17, 15) is 14.4 Å². The minimum absolute atomic E-state index is 0.194. The monoisotopic (exact) mass is 428 g/mol. The molecule has 0 aromatic heterocycles. The Kier molecular flexibility index (Phi) is 7.71. The molecule has 1 fully saturated rings. The number of benzene rings is 1. The first-order chi connectivity index (χ1) is 13.2. The number of carbonyl (C=O) groups is 3. The molecule has 0 bridgehead atoms. The summed E-state index contributed by atoms with van der Waals surface area (Å²) >= 11 is 12.3. The van der Waals surface area contributed by atoms with Crippen LogP contribution in [0, 0.1) is 5.92 Å². The Bertz CT molecular complexity index is 789. The number of aliphatic carboxylic acids is 1. The highest BCUT2D eigenvalue weighted by molar-refractivity contribution is 6.43. The van der Waals surface area contributed by atoms with Crippen molar-refractivity contribution in [2.75, 3.05) is 20.2 Å². The van der Waals surface area contributed by atoms with E-state index in [-0.39, 0.29) is 22.8 Å². The second-order valence-electron chi connectivity index (χ2n) is 6.49. The lowest BCUT2D eigenvalue weighted by Gasteiger charge is -2.31. The number of hydrogen-bond donors (Lipinski definition) is 2. The van der Waals surface area contributed by atoms with Crippen LogP contribution in [0.25, 0.3) is 6.08 Å². The fraction of sp³-hybridized carbons (Fsp3) is 0.421. The Morgan fingerprint density at radius 3 is 2.46 bits per heavy atom. The minimum atomic E-state index is -1.08. The van der Waals surface area contributed by atoms with E-state index in [0.29, 0.717) is 42.3 Å². The first-order valence-electron chi connectivity index (χ1n) is 8.76. The lowest BCUT2D eigenvalue weighted by Crippen LogP contribution is -2.46. The molecule has 28 heavy (non-hydrogen) atoms. The second-order valence-corrected chi connectivity index (χ2v) is 7.24. The minimum Gasteiger partial charge on any atom is -0.495 e. The van der Waals surface area contributed by atoms with Gasteiger partial charge >= 0.3 is 5.97 Å². The van der Waals surface area contributed by atoms with E-state index < -0.39 is 12.0 Å². The Morgan fingerprint density at radius 2 is 1.89 bits per heavy atom. The highest BCUT2D eigenvalue weighted by atomic mass is 35.5. The van der Waals surface area contributed by atoms with E-state index in [0.717, 1.165) is 0 Å². The van der Waals surface area contributed by atoms with E-state index >= 15 is 0 Å². The number of rotatable bonds is 6. The van der Waals surface area contributed by atoms with Crippen molar-refractivity contribution in [3.05, 3.63) is 33.8 Å². The fourth-order valence-electron chi connectivity index (χ4n) is 2.85. The third-order valence-corrected chi connectivity index (χ3v) is 5.49. The molecule has 2 rings (SSSR count). The van der Waals surface area contributed by atoms with Crippen molar-refractivity contribution in [2.45, 2.75) is 25.8 Å². The smallest absolute Gasteiger partial charge is 0.325 e. The van der Waals surface area contributed by atoms with Gasteiger partial charge in [0.2, 0.25) is 11.8 Å². The highest BCUT2D eigenvalue weighted by Gasteiger charge is 2.28. The zero-order valence-electron chi connectivity index (χ0n) is 15.6. The van der Waals surface area contributed by atoms with Gasteiger partial charge < -0.3 is 20.1 Å². The van der Waals surface area contributed by atoms with Crippen molar-refractivity contribution in [3.8, 4) is 5.75 Å². The third-order valence-electron chi connectivity index (χ3n) is 4.61. The molecule has 152 valence electrons. The number of halogens is 2. The lowest BCUT2D eigenvalue weighted by atomic mass is 9.95. The summed E-state index contributed by atoms with van der Waals surface area (Å²) < 4.78 is 5.09. The predicted molar refractivity (Wildman–Crippen MR) is 107 cm³/mol. The van der Waals surface area contributed by atoms with Gasteiger partial charge in [-0.15, -0.1) is 0 Å². The number of likely N-dealkylation sites (tertiary alicyclic amines) is 1. The molecular weight excluding hydrogens is 407 g/mol. The fourth-order valence-corrected chi connectivity index (χ4v) is 3.32. The quantitative estimate of drug-likeness (QED) is 0.679. The number of methoxy groups -OCH3 is 1. The van der Waals surface area contributed by atoms with Crippen LogP contribution in [0.4, 0.5) is 0 Å². The molecule has 0 spiro atoms. The van der Waals surface area contributed by atoms with Gasteiger partial charge in [-0.2, -0.15) is 0 Å². The maximum Gasteiger partial charge on any atom is 0.325 e. The van der Waals surface area contributed by atoms with Crippen LogP contribution in [0.5, 0.6) is 5.75 Å². The summed E-state index contributed by atoms with van der Waals surface area (Å²) in [5.41, 5.74) is 0.595. The average Bonchev–Trinajstić information content (AvgIpc) is 2.68. The molecule has 1 unspecified atom stereocenters. The summed E-state index contributed by atoms with van der Waals surface area (Å²) in [7, 11) is 1.49. The molecule has 0 aliphatic carbocycles. The largest absolute Gasteiger partial charge is 0.495 e. The number of carbonyl (C=O) groups excluding carboxylic acids is 2. The van der Waals surface area contributed by atoms with E-state index in [2.05, 4.69) is 5.32 Å². The van der Waals surface area contributed by atoms with Crippen LogP contribution in [0.15, 0.2) is 18.2 Å². The summed E-state index contributed by atoms with van der Waals surface area (Å²) in [6.07, 6.45) is 3.96. The Hall–Kier alpha value is -2.25. The van der Waals surface area contributed by atoms with Crippen LogP contribution in [0.2, 0.25) is 10.0 Å². The van der Waals surface area contributed by atoms with Gasteiger partial charge in [0, 0.05) is 25.1 Å². The van der Waals surface area contributed by atoms with Gasteiger partial charge in [-0.05, 0) is 43.5 Å². The molecule has 1 atom stereocenters. The van der Waals surface area contributed by atoms with Crippen LogP contribution in [0.1, 0.15) is 25.3 Å². The van der Waals surface area contributed by atoms with E-state index in [4.69, 9.17) is 33.0 Å². The first-order valence-corrected chi connectivity index (χ1v) is 9.52. The van der Waals surface area contributed by atoms with E-state index in [1.807, 2.05) is 0 Å². The zero-order valence-corrected chi connectivity index (χ0v) is 17.1. The summed E-state index contributed by atoms with van der Waals surface area (Å²) in [4.78, 5) is 37.0. The number of carboxylic acids is 1. The van der Waals surface area contributed by atoms with Gasteiger partial charge in [-0.25, -0.2) is 0 Å². The highest BCUT2D eigenvalue weighted by Crippen LogP contribution is 2.35. The van der Waals surface area contributed by atoms with Gasteiger partial charge in [-0.3, -0.25) is 14.4 Å². The van der Waals surface area contributed by atoms with Gasteiger partial charge in [0.05, 0.1) is 12.1 Å². The molecule has 1 aliphatic rings. The summed E-state index contributed by atoms with van der Waals surface area (Å²) in [5, 5.41) is 11.9. The number of piperidine rings is 1. The summed E-state index contributed by atoms with van der Waals surface area (Å²) in [6.45, 7) is 2.25. The van der Waals surface area contributed by atoms with Crippen molar-refractivity contribution in [3.63, 3.8) is 0 Å². The molecule has 1 aromatic rings. The van der Waals surface area contributed by atoms with Gasteiger partial charge in [0.15, 0.2) is 0 Å². The molecule has 1 saturated heterocycles. The zero-order chi connectivity index (χ0) is 20.8. The van der Waals surface area contributed by atoms with E-state index in [1.54, 1.807) is 23.1 Å². The standard InChI is InChI=1S/C19H22Cl2N2O5/c1-11(19(26)27)22-18(25)13-7-9-23(10-8-13)15(24)6-4-12-3-5-14(28-2)17(21)16(12)20/h3-6,11,13H,7-10H2,1-2H3,(H,22,25)(H,26,27). The molecule has 1 heterocycles. The van der Waals surface area contributed by atoms with Crippen molar-refractivity contribution in [1.82, 2.24) is 10.2 Å². The molecule has 2 amide bonds. The summed E-state index contributed by atoms with van der Waals surface area (Å²) in [5.74, 6) is -1.42. The predicted octanol–water partition coefficient (Wildman–Crippen LogP) is 2.84. The number of amides is 2. The molecule has 1 aliphatic heterocycles. The first kappa shape index (κ1) is 22.0. The van der Waals surface area contributed by atoms with Crippen molar-refractivity contribution >= 4 is 47.1 Å². The topological polar surface area (TPSA) is 95.9 Å². The molecular formula is C19H22Cl2N2O5. The number of nitrogens with zero attached hydrogens (tertiary/aromatic N) is 1. The number of nitrogens with one attached hydrogen (secondary N) is 1. The Morgan fingerprint density at radius 1 is 1.25 bits per heavy atom. The van der Waals surface area contributed by atoms with Crippen LogP contribution in [0.3, 0.4) is 0 Å². The summed E-state index contributed by atoms with van der Waals surface area (Å²) in [6, 6.07) is 2.44. The molecule has 1 aromatic carbocycles. The lowest BCUT2D eigenvalue weighted by molar-refractivity contribution is -0.142. The second kappa shape index (κ2) is 9.80. The van der Waals surface area contributed by atoms with E-state index in [1.165, 1.54) is 20.1 Å². The Balaban J connectivity index is 1.92. The van der Waals surface area contributed by atoms with Crippen molar-refractivity contribution in [1.29, 1.82) is 0 Å². The molecule has 0 radical (unpaired) electrons. The van der Waals surface area contributed by atoms with Gasteiger partial charge in [0.1, 0.15) is 16.8 Å². The molecule has 0 saturated carbocycles. The molecule has 7 nitrogen and oxygen atoms in total. The van der Waals surface area contributed by atoms with Crippen LogP contribution in [-0.2, 0) is 14.4 Å². The van der Waals surface area contributed by atoms with Crippen LogP contribution in [-0.4, -0.2) is 54.0 Å². The number of ether oxygens (including phenoxy) is 1. The van der Waals surface area contributed by atoms with Gasteiger partial charge in [-0.1, -0.05) is 23.2 Å². The van der Waals surface area contributed by atoms with Crippen LogP contribution >= 0.6 is 23.2 Å². The molecule has 9 heteroatoms. The molecule has 2 N–H and O–H groups in total. The van der Waals surface area contributed by atoms with Crippen molar-refractivity contribution in [2.24, 2.45) is 5.92 Å². The number of hydrogen-bond acceptors (Lipinski definition) is 4. The SMILES string of the molecule is COc1ccc(C=CC(=O)N2CCC(C(=O)NC(C)C(=O)O)CC2)c(Cl)c1Cl. The Labute approximate surface area is 173 Å². The average molecular weight is 429 g/mol. The maximum atomic E-state index is 12.4. The number of carboxylic acid groups (broad SMARTS) is 1. The maximum absolute atomic E-state index is 12.4. The normalized spacial score (nSPS) is 16.1. The van der Waals surface area contributed by atoms with Crippen LogP contribution < -0.4 is 10.1 Å². The van der Waals surface area contributed by atoms with Crippen molar-refractivity contribution < 1.29 is 24.2 Å². The van der Waals surface area contributed by atoms with Gasteiger partial charge in [0.25, 0.3) is 0 Å².